The van der Waals surface area contributed by atoms with Gasteiger partial charge in [0.2, 0.25) is 11.8 Å². The first-order chi connectivity index (χ1) is 12.0. The molecular weight excluding hydrogens is 322 g/mol. The summed E-state index contributed by atoms with van der Waals surface area (Å²) in [4.78, 5) is 38.7. The Kier molecular flexibility index (Phi) is 3.64. The van der Waals surface area contributed by atoms with Crippen molar-refractivity contribution >= 4 is 28.5 Å². The van der Waals surface area contributed by atoms with Crippen molar-refractivity contribution in [2.45, 2.75) is 24.9 Å². The topological polar surface area (TPSA) is 88.4 Å². The maximum Gasteiger partial charge on any atom is 0.329 e. The van der Waals surface area contributed by atoms with E-state index in [4.69, 9.17) is 0 Å². The molecule has 2 aromatic rings. The fourth-order valence-electron chi connectivity index (χ4n) is 3.76. The molecule has 0 spiro atoms. The molecule has 1 aromatic heterocycles. The monoisotopic (exact) mass is 343 g/mol. The Morgan fingerprint density at radius 3 is 2.64 bits per heavy atom. The number of para-hydroxylation sites is 1. The van der Waals surface area contributed by atoms with Crippen LogP contribution in [0.3, 0.4) is 0 Å². The van der Waals surface area contributed by atoms with Crippen molar-refractivity contribution in [1.29, 1.82) is 0 Å². The molecule has 1 unspecified atom stereocenters. The molecule has 0 saturated carbocycles. The smallest absolute Gasteiger partial charge is 0.329 e. The van der Waals surface area contributed by atoms with Gasteiger partial charge in [0.25, 0.3) is 0 Å². The molecule has 2 aliphatic heterocycles. The Bertz CT molecular complexity index is 922. The number of carbonyl (C=O) groups is 2. The summed E-state index contributed by atoms with van der Waals surface area (Å²) in [5.74, 6) is -0.690. The van der Waals surface area contributed by atoms with Crippen LogP contribution in [-0.4, -0.2) is 47.1 Å². The fraction of sp³-hybridized carbons (Fsp3) is 0.471. The van der Waals surface area contributed by atoms with Crippen molar-refractivity contribution < 1.29 is 9.59 Å². The SMILES string of the molecule is CNC1CN(c2cccc3c2n(C)c(=O)n3C2CCC(=O)NC2=O)C1. The molecule has 0 radical (unpaired) electrons. The van der Waals surface area contributed by atoms with Crippen LogP contribution in [0, 0.1) is 0 Å². The molecular formula is C17H21N5O3. The van der Waals surface area contributed by atoms with E-state index in [0.717, 1.165) is 29.8 Å². The van der Waals surface area contributed by atoms with Crippen LogP contribution in [-0.2, 0) is 16.6 Å². The van der Waals surface area contributed by atoms with Gasteiger partial charge in [0.05, 0.1) is 16.7 Å². The fourth-order valence-corrected chi connectivity index (χ4v) is 3.76. The minimum atomic E-state index is -0.648. The first-order valence-electron chi connectivity index (χ1n) is 8.47. The van der Waals surface area contributed by atoms with Crippen molar-refractivity contribution in [1.82, 2.24) is 19.8 Å². The molecule has 0 bridgehead atoms. The molecule has 8 heteroatoms. The molecule has 2 fully saturated rings. The zero-order chi connectivity index (χ0) is 17.7. The maximum atomic E-state index is 12.8. The number of fused-ring (bicyclic) bond motifs is 1. The number of rotatable bonds is 3. The van der Waals surface area contributed by atoms with E-state index in [-0.39, 0.29) is 18.0 Å². The Morgan fingerprint density at radius 2 is 1.96 bits per heavy atom. The van der Waals surface area contributed by atoms with Gasteiger partial charge in [-0.2, -0.15) is 0 Å². The highest BCUT2D eigenvalue weighted by atomic mass is 16.2. The summed E-state index contributed by atoms with van der Waals surface area (Å²) in [6, 6.07) is 5.57. The van der Waals surface area contributed by atoms with Crippen LogP contribution < -0.4 is 21.2 Å². The van der Waals surface area contributed by atoms with Gasteiger partial charge >= 0.3 is 5.69 Å². The van der Waals surface area contributed by atoms with Crippen molar-refractivity contribution in [3.63, 3.8) is 0 Å². The summed E-state index contributed by atoms with van der Waals surface area (Å²) >= 11 is 0. The maximum absolute atomic E-state index is 12.8. The van der Waals surface area contributed by atoms with Gasteiger partial charge in [-0.15, -0.1) is 0 Å². The van der Waals surface area contributed by atoms with Crippen LogP contribution in [0.25, 0.3) is 11.0 Å². The molecule has 1 atom stereocenters. The number of amides is 2. The van der Waals surface area contributed by atoms with Crippen LogP contribution in [0.1, 0.15) is 18.9 Å². The molecule has 2 N–H and O–H groups in total. The third kappa shape index (κ3) is 2.36. The van der Waals surface area contributed by atoms with E-state index in [0.29, 0.717) is 12.5 Å². The zero-order valence-electron chi connectivity index (χ0n) is 14.3. The van der Waals surface area contributed by atoms with E-state index in [9.17, 15) is 14.4 Å². The first kappa shape index (κ1) is 15.9. The standard InChI is InChI=1S/C17H21N5O3/c1-18-10-8-21(9-10)11-4-3-5-12-15(11)20(2)17(25)22(12)13-6-7-14(23)19-16(13)24/h3-5,10,13,18H,6-9H2,1-2H3,(H,19,23,24). The van der Waals surface area contributed by atoms with Gasteiger partial charge in [0.1, 0.15) is 6.04 Å². The molecule has 1 aromatic carbocycles. The van der Waals surface area contributed by atoms with E-state index >= 15 is 0 Å². The molecule has 3 heterocycles. The van der Waals surface area contributed by atoms with Gasteiger partial charge < -0.3 is 10.2 Å². The van der Waals surface area contributed by atoms with Crippen molar-refractivity contribution in [3.8, 4) is 0 Å². The third-order valence-electron chi connectivity index (χ3n) is 5.23. The summed E-state index contributed by atoms with van der Waals surface area (Å²) in [6.07, 6.45) is 0.592. The Hall–Kier alpha value is -2.61. The lowest BCUT2D eigenvalue weighted by Crippen LogP contribution is -2.57. The minimum absolute atomic E-state index is 0.234. The lowest BCUT2D eigenvalue weighted by Gasteiger charge is -2.41. The summed E-state index contributed by atoms with van der Waals surface area (Å²) in [5.41, 5.74) is 2.32. The number of nitrogens with zero attached hydrogens (tertiary/aromatic N) is 3. The summed E-state index contributed by atoms with van der Waals surface area (Å²) in [5, 5.41) is 5.58. The summed E-state index contributed by atoms with van der Waals surface area (Å²) in [7, 11) is 3.67. The van der Waals surface area contributed by atoms with Gasteiger partial charge in [0, 0.05) is 32.6 Å². The molecule has 4 rings (SSSR count). The number of nitrogens with one attached hydrogen (secondary N) is 2. The quantitative estimate of drug-likeness (QED) is 0.749. The normalized spacial score (nSPS) is 21.5. The highest BCUT2D eigenvalue weighted by Crippen LogP contribution is 2.31. The van der Waals surface area contributed by atoms with Crippen LogP contribution in [0.15, 0.2) is 23.0 Å². The van der Waals surface area contributed by atoms with Crippen molar-refractivity contribution in [2.75, 3.05) is 25.0 Å². The molecule has 25 heavy (non-hydrogen) atoms. The number of carbonyl (C=O) groups excluding carboxylic acids is 2. The van der Waals surface area contributed by atoms with Crippen LogP contribution in [0.5, 0.6) is 0 Å². The second-order valence-electron chi connectivity index (χ2n) is 6.71. The number of piperidine rings is 1. The molecule has 0 aliphatic carbocycles. The first-order valence-corrected chi connectivity index (χ1v) is 8.47. The van der Waals surface area contributed by atoms with Crippen molar-refractivity contribution in [2.24, 2.45) is 7.05 Å². The number of likely N-dealkylation sites (N-methyl/N-ethyl adjacent to an activating group) is 1. The zero-order valence-corrected chi connectivity index (χ0v) is 14.3. The predicted octanol–water partition coefficient (Wildman–Crippen LogP) is -0.274. The van der Waals surface area contributed by atoms with Crippen LogP contribution in [0.2, 0.25) is 0 Å². The molecule has 132 valence electrons. The van der Waals surface area contributed by atoms with Crippen molar-refractivity contribution in [3.05, 3.63) is 28.7 Å². The lowest BCUT2D eigenvalue weighted by atomic mass is 10.1. The Morgan fingerprint density at radius 1 is 1.20 bits per heavy atom. The summed E-state index contributed by atoms with van der Waals surface area (Å²) < 4.78 is 3.12. The number of aryl methyl sites for hydroxylation is 1. The lowest BCUT2D eigenvalue weighted by molar-refractivity contribution is -0.135. The molecule has 2 aliphatic rings. The number of anilines is 1. The minimum Gasteiger partial charge on any atom is -0.367 e. The average molecular weight is 343 g/mol. The second kappa shape index (κ2) is 5.73. The van der Waals surface area contributed by atoms with E-state index < -0.39 is 11.9 Å². The number of benzene rings is 1. The third-order valence-corrected chi connectivity index (χ3v) is 5.23. The van der Waals surface area contributed by atoms with E-state index in [1.165, 1.54) is 4.57 Å². The average Bonchev–Trinajstić information content (AvgIpc) is 2.79. The van der Waals surface area contributed by atoms with E-state index in [1.54, 1.807) is 11.6 Å². The van der Waals surface area contributed by atoms with Gasteiger partial charge in [0.15, 0.2) is 0 Å². The molecule has 2 saturated heterocycles. The highest BCUT2D eigenvalue weighted by Gasteiger charge is 2.33. The van der Waals surface area contributed by atoms with Gasteiger partial charge in [-0.25, -0.2) is 4.79 Å². The number of imide groups is 1. The largest absolute Gasteiger partial charge is 0.367 e. The highest BCUT2D eigenvalue weighted by molar-refractivity contribution is 6.00. The van der Waals surface area contributed by atoms with E-state index in [2.05, 4.69) is 15.5 Å². The van der Waals surface area contributed by atoms with Gasteiger partial charge in [-0.05, 0) is 25.6 Å². The Balaban J connectivity index is 1.82. The van der Waals surface area contributed by atoms with E-state index in [1.807, 2.05) is 25.2 Å². The summed E-state index contributed by atoms with van der Waals surface area (Å²) in [6.45, 7) is 1.76. The van der Waals surface area contributed by atoms with Gasteiger partial charge in [-0.3, -0.25) is 24.0 Å². The molecule has 8 nitrogen and oxygen atoms in total. The predicted molar refractivity (Wildman–Crippen MR) is 93.7 cm³/mol. The number of hydrogen-bond acceptors (Lipinski definition) is 5. The molecule has 2 amide bonds. The second-order valence-corrected chi connectivity index (χ2v) is 6.71. The number of hydrogen-bond donors (Lipinski definition) is 2. The van der Waals surface area contributed by atoms with Gasteiger partial charge in [-0.1, -0.05) is 6.07 Å². The van der Waals surface area contributed by atoms with Crippen LogP contribution in [0.4, 0.5) is 5.69 Å². The number of imidazole rings is 1. The number of aromatic nitrogens is 2. The Labute approximate surface area is 144 Å². The van der Waals surface area contributed by atoms with Crippen LogP contribution >= 0.6 is 0 Å².